The maximum absolute atomic E-state index is 13.8. The summed E-state index contributed by atoms with van der Waals surface area (Å²) in [6.45, 7) is 1.78. The van der Waals surface area contributed by atoms with Crippen LogP contribution in [0.2, 0.25) is 5.02 Å². The number of aromatic carboxylic acids is 1. The van der Waals surface area contributed by atoms with Gasteiger partial charge in [0, 0.05) is 16.1 Å². The molecule has 0 heterocycles. The Bertz CT molecular complexity index is 623. The minimum Gasteiger partial charge on any atom is -0.478 e. The van der Waals surface area contributed by atoms with Gasteiger partial charge < -0.3 is 5.11 Å². The maximum Gasteiger partial charge on any atom is 0.335 e. The van der Waals surface area contributed by atoms with Crippen LogP contribution in [0.5, 0.6) is 0 Å². The molecule has 0 fully saturated rings. The fourth-order valence-electron chi connectivity index (χ4n) is 1.70. The first-order valence-electron chi connectivity index (χ1n) is 5.28. The van der Waals surface area contributed by atoms with E-state index < -0.39 is 11.8 Å². The first-order chi connectivity index (χ1) is 8.49. The number of halogens is 2. The Morgan fingerprint density at radius 3 is 2.50 bits per heavy atom. The molecule has 2 aromatic rings. The first-order valence-corrected chi connectivity index (χ1v) is 5.66. The predicted octanol–water partition coefficient (Wildman–Crippen LogP) is 4.15. The third kappa shape index (κ3) is 2.36. The molecule has 0 bridgehead atoms. The molecule has 2 aromatic carbocycles. The van der Waals surface area contributed by atoms with Crippen LogP contribution in [0.15, 0.2) is 36.4 Å². The van der Waals surface area contributed by atoms with Crippen LogP contribution in [-0.2, 0) is 0 Å². The summed E-state index contributed by atoms with van der Waals surface area (Å²) in [6.07, 6.45) is 0. The van der Waals surface area contributed by atoms with Gasteiger partial charge in [-0.3, -0.25) is 0 Å². The molecule has 0 saturated heterocycles. The molecule has 0 aliphatic rings. The Kier molecular flexibility index (Phi) is 3.34. The number of benzene rings is 2. The number of carboxylic acid groups (broad SMARTS) is 1. The second-order valence-corrected chi connectivity index (χ2v) is 4.39. The summed E-state index contributed by atoms with van der Waals surface area (Å²) >= 11 is 5.99. The Hall–Kier alpha value is -1.87. The van der Waals surface area contributed by atoms with E-state index in [0.29, 0.717) is 16.1 Å². The monoisotopic (exact) mass is 264 g/mol. The smallest absolute Gasteiger partial charge is 0.335 e. The lowest BCUT2D eigenvalue weighted by atomic mass is 10.0. The van der Waals surface area contributed by atoms with Crippen LogP contribution < -0.4 is 0 Å². The van der Waals surface area contributed by atoms with Crippen molar-refractivity contribution in [2.45, 2.75) is 6.92 Å². The van der Waals surface area contributed by atoms with Crippen molar-refractivity contribution in [1.29, 1.82) is 0 Å². The highest BCUT2D eigenvalue weighted by Crippen LogP contribution is 2.31. The van der Waals surface area contributed by atoms with Crippen LogP contribution in [0.1, 0.15) is 15.9 Å². The van der Waals surface area contributed by atoms with Crippen molar-refractivity contribution in [3.8, 4) is 11.1 Å². The summed E-state index contributed by atoms with van der Waals surface area (Å²) in [4.78, 5) is 10.9. The van der Waals surface area contributed by atoms with Crippen LogP contribution in [0.3, 0.4) is 0 Å². The molecule has 0 unspecified atom stereocenters. The quantitative estimate of drug-likeness (QED) is 0.885. The largest absolute Gasteiger partial charge is 0.478 e. The molecule has 2 rings (SSSR count). The summed E-state index contributed by atoms with van der Waals surface area (Å²) < 4.78 is 13.8. The van der Waals surface area contributed by atoms with E-state index >= 15 is 0 Å². The van der Waals surface area contributed by atoms with E-state index in [1.807, 2.05) is 0 Å². The van der Waals surface area contributed by atoms with Crippen LogP contribution in [0.25, 0.3) is 11.1 Å². The SMILES string of the molecule is Cc1ccc(-c2cc(C(=O)O)ccc2Cl)c(F)c1. The molecule has 0 amide bonds. The molecule has 0 aliphatic heterocycles. The van der Waals surface area contributed by atoms with Crippen LogP contribution in [0, 0.1) is 12.7 Å². The highest BCUT2D eigenvalue weighted by Gasteiger charge is 2.12. The molecule has 0 aliphatic carbocycles. The zero-order chi connectivity index (χ0) is 13.3. The Labute approximate surface area is 109 Å². The van der Waals surface area contributed by atoms with E-state index in [-0.39, 0.29) is 5.56 Å². The lowest BCUT2D eigenvalue weighted by molar-refractivity contribution is 0.0697. The van der Waals surface area contributed by atoms with Gasteiger partial charge in [0.05, 0.1) is 5.56 Å². The van der Waals surface area contributed by atoms with Crippen molar-refractivity contribution in [3.05, 3.63) is 58.4 Å². The zero-order valence-electron chi connectivity index (χ0n) is 9.58. The molecule has 0 spiro atoms. The maximum atomic E-state index is 13.8. The lowest BCUT2D eigenvalue weighted by Gasteiger charge is -2.08. The van der Waals surface area contributed by atoms with E-state index in [1.165, 1.54) is 24.3 Å². The number of carbonyl (C=O) groups is 1. The third-order valence-electron chi connectivity index (χ3n) is 2.63. The minimum absolute atomic E-state index is 0.0781. The number of carboxylic acids is 1. The van der Waals surface area contributed by atoms with Crippen molar-refractivity contribution >= 4 is 17.6 Å². The molecule has 0 atom stereocenters. The Morgan fingerprint density at radius 1 is 1.17 bits per heavy atom. The topological polar surface area (TPSA) is 37.3 Å². The van der Waals surface area contributed by atoms with Crippen LogP contribution in [0.4, 0.5) is 4.39 Å². The molecule has 0 radical (unpaired) electrons. The second-order valence-electron chi connectivity index (χ2n) is 3.98. The fourth-order valence-corrected chi connectivity index (χ4v) is 1.92. The van der Waals surface area contributed by atoms with E-state index in [1.54, 1.807) is 19.1 Å². The summed E-state index contributed by atoms with van der Waals surface area (Å²) in [5.41, 5.74) is 1.55. The third-order valence-corrected chi connectivity index (χ3v) is 2.96. The average Bonchev–Trinajstić information content (AvgIpc) is 2.30. The summed E-state index contributed by atoms with van der Waals surface area (Å²) in [7, 11) is 0. The van der Waals surface area contributed by atoms with E-state index in [9.17, 15) is 9.18 Å². The lowest BCUT2D eigenvalue weighted by Crippen LogP contribution is -1.97. The van der Waals surface area contributed by atoms with Gasteiger partial charge in [0.25, 0.3) is 0 Å². The van der Waals surface area contributed by atoms with Crippen molar-refractivity contribution in [1.82, 2.24) is 0 Å². The second kappa shape index (κ2) is 4.78. The molecule has 92 valence electrons. The predicted molar refractivity (Wildman–Crippen MR) is 68.5 cm³/mol. The summed E-state index contributed by atoms with van der Waals surface area (Å²) in [5, 5.41) is 9.25. The van der Waals surface area contributed by atoms with Gasteiger partial charge in [0.2, 0.25) is 0 Å². The Morgan fingerprint density at radius 2 is 1.89 bits per heavy atom. The Balaban J connectivity index is 2.62. The number of rotatable bonds is 2. The molecule has 2 nitrogen and oxygen atoms in total. The molecular formula is C14H10ClFO2. The van der Waals surface area contributed by atoms with Crippen molar-refractivity contribution in [3.63, 3.8) is 0 Å². The average molecular weight is 265 g/mol. The molecular weight excluding hydrogens is 255 g/mol. The van der Waals surface area contributed by atoms with Crippen LogP contribution in [-0.4, -0.2) is 11.1 Å². The van der Waals surface area contributed by atoms with Gasteiger partial charge >= 0.3 is 5.97 Å². The molecule has 0 saturated carbocycles. The van der Waals surface area contributed by atoms with Crippen molar-refractivity contribution in [2.75, 3.05) is 0 Å². The van der Waals surface area contributed by atoms with Gasteiger partial charge in [-0.1, -0.05) is 23.7 Å². The van der Waals surface area contributed by atoms with Gasteiger partial charge in [0.15, 0.2) is 0 Å². The van der Waals surface area contributed by atoms with Gasteiger partial charge in [-0.2, -0.15) is 0 Å². The number of hydrogen-bond donors (Lipinski definition) is 1. The summed E-state index contributed by atoms with van der Waals surface area (Å²) in [6, 6.07) is 8.96. The van der Waals surface area contributed by atoms with Crippen molar-refractivity contribution < 1.29 is 14.3 Å². The zero-order valence-corrected chi connectivity index (χ0v) is 10.3. The highest BCUT2D eigenvalue weighted by atomic mass is 35.5. The van der Waals surface area contributed by atoms with Gasteiger partial charge in [-0.05, 0) is 36.8 Å². The van der Waals surface area contributed by atoms with E-state index in [0.717, 1.165) is 5.56 Å². The molecule has 18 heavy (non-hydrogen) atoms. The van der Waals surface area contributed by atoms with Gasteiger partial charge in [0.1, 0.15) is 5.82 Å². The molecule has 0 aromatic heterocycles. The van der Waals surface area contributed by atoms with Gasteiger partial charge in [-0.25, -0.2) is 9.18 Å². The number of aryl methyl sites for hydroxylation is 1. The van der Waals surface area contributed by atoms with Crippen molar-refractivity contribution in [2.24, 2.45) is 0 Å². The van der Waals surface area contributed by atoms with Gasteiger partial charge in [-0.15, -0.1) is 0 Å². The van der Waals surface area contributed by atoms with E-state index in [4.69, 9.17) is 16.7 Å². The molecule has 4 heteroatoms. The standard InChI is InChI=1S/C14H10ClFO2/c1-8-2-4-10(13(16)6-8)11-7-9(14(17)18)3-5-12(11)15/h2-7H,1H3,(H,17,18). The summed E-state index contributed by atoms with van der Waals surface area (Å²) in [5.74, 6) is -1.49. The normalized spacial score (nSPS) is 10.4. The minimum atomic E-state index is -1.07. The van der Waals surface area contributed by atoms with Crippen LogP contribution >= 0.6 is 11.6 Å². The first kappa shape index (κ1) is 12.6. The highest BCUT2D eigenvalue weighted by molar-refractivity contribution is 6.33. The number of hydrogen-bond acceptors (Lipinski definition) is 1. The fraction of sp³-hybridized carbons (Fsp3) is 0.0714. The van der Waals surface area contributed by atoms with E-state index in [2.05, 4.69) is 0 Å². The molecule has 1 N–H and O–H groups in total.